The maximum absolute atomic E-state index is 10.6. The molecule has 1 heterocycles. The number of rotatable bonds is 3. The fourth-order valence-corrected chi connectivity index (χ4v) is 2.63. The number of benzene rings is 3. The molecule has 3 nitrogen and oxygen atoms in total. The molecule has 0 aliphatic rings. The molecule has 0 saturated heterocycles. The lowest BCUT2D eigenvalue weighted by Crippen LogP contribution is -1.87. The number of fused-ring (bicyclic) bond motifs is 1. The SMILES string of the molecule is Oc1c(-c2ccccc2)cc(Oc2ccccc2)c2occc12. The summed E-state index contributed by atoms with van der Waals surface area (Å²) >= 11 is 0. The van der Waals surface area contributed by atoms with Gasteiger partial charge in [0.25, 0.3) is 0 Å². The summed E-state index contributed by atoms with van der Waals surface area (Å²) in [7, 11) is 0. The van der Waals surface area contributed by atoms with Gasteiger partial charge >= 0.3 is 0 Å². The van der Waals surface area contributed by atoms with Gasteiger partial charge in [-0.05, 0) is 29.8 Å². The van der Waals surface area contributed by atoms with Gasteiger partial charge in [0.05, 0.1) is 11.6 Å². The van der Waals surface area contributed by atoms with Crippen LogP contribution in [0.1, 0.15) is 0 Å². The van der Waals surface area contributed by atoms with Crippen LogP contribution < -0.4 is 4.74 Å². The Kier molecular flexibility index (Phi) is 3.24. The predicted molar refractivity (Wildman–Crippen MR) is 89.8 cm³/mol. The Morgan fingerprint density at radius 2 is 1.52 bits per heavy atom. The molecule has 4 rings (SSSR count). The maximum atomic E-state index is 10.6. The van der Waals surface area contributed by atoms with Crippen LogP contribution in [0.5, 0.6) is 17.2 Å². The third kappa shape index (κ3) is 2.42. The minimum atomic E-state index is 0.195. The summed E-state index contributed by atoms with van der Waals surface area (Å²) in [6, 6.07) is 22.8. The van der Waals surface area contributed by atoms with Crippen molar-refractivity contribution in [1.29, 1.82) is 0 Å². The number of hydrogen-bond acceptors (Lipinski definition) is 3. The van der Waals surface area contributed by atoms with Crippen molar-refractivity contribution in [2.24, 2.45) is 0 Å². The van der Waals surface area contributed by atoms with E-state index in [1.807, 2.05) is 66.7 Å². The van der Waals surface area contributed by atoms with E-state index >= 15 is 0 Å². The molecule has 0 amide bonds. The van der Waals surface area contributed by atoms with Crippen molar-refractivity contribution in [3.63, 3.8) is 0 Å². The Balaban J connectivity index is 1.90. The number of hydrogen-bond donors (Lipinski definition) is 1. The zero-order valence-electron chi connectivity index (χ0n) is 12.3. The largest absolute Gasteiger partial charge is 0.507 e. The van der Waals surface area contributed by atoms with E-state index < -0.39 is 0 Å². The predicted octanol–water partition coefficient (Wildman–Crippen LogP) is 5.60. The van der Waals surface area contributed by atoms with Crippen molar-refractivity contribution in [2.75, 3.05) is 0 Å². The zero-order valence-corrected chi connectivity index (χ0v) is 12.3. The average molecular weight is 302 g/mol. The van der Waals surface area contributed by atoms with Gasteiger partial charge < -0.3 is 14.3 Å². The quantitative estimate of drug-likeness (QED) is 0.536. The number of para-hydroxylation sites is 1. The number of phenols is 1. The highest BCUT2D eigenvalue weighted by Gasteiger charge is 2.16. The molecule has 0 aliphatic heterocycles. The molecule has 0 saturated carbocycles. The molecule has 1 aromatic heterocycles. The first-order chi connectivity index (χ1) is 11.3. The zero-order chi connectivity index (χ0) is 15.6. The molecule has 0 aliphatic carbocycles. The second-order valence-electron chi connectivity index (χ2n) is 5.22. The van der Waals surface area contributed by atoms with Gasteiger partial charge in [0.1, 0.15) is 11.5 Å². The summed E-state index contributed by atoms with van der Waals surface area (Å²) in [6.07, 6.45) is 1.55. The van der Waals surface area contributed by atoms with Gasteiger partial charge in [-0.25, -0.2) is 0 Å². The highest BCUT2D eigenvalue weighted by molar-refractivity contribution is 5.96. The van der Waals surface area contributed by atoms with Crippen LogP contribution in [-0.2, 0) is 0 Å². The van der Waals surface area contributed by atoms with Crippen LogP contribution in [0.25, 0.3) is 22.1 Å². The number of furan rings is 1. The van der Waals surface area contributed by atoms with Crippen molar-refractivity contribution >= 4 is 11.0 Å². The minimum Gasteiger partial charge on any atom is -0.507 e. The molecule has 3 aromatic carbocycles. The molecule has 23 heavy (non-hydrogen) atoms. The fourth-order valence-electron chi connectivity index (χ4n) is 2.63. The molecule has 0 radical (unpaired) electrons. The van der Waals surface area contributed by atoms with Crippen LogP contribution in [0, 0.1) is 0 Å². The Hall–Kier alpha value is -3.20. The first-order valence-electron chi connectivity index (χ1n) is 7.34. The summed E-state index contributed by atoms with van der Waals surface area (Å²) in [5.74, 6) is 1.49. The molecule has 0 unspecified atom stereocenters. The summed E-state index contributed by atoms with van der Waals surface area (Å²) < 4.78 is 11.5. The monoisotopic (exact) mass is 302 g/mol. The molecule has 3 heteroatoms. The van der Waals surface area contributed by atoms with Crippen LogP contribution >= 0.6 is 0 Å². The van der Waals surface area contributed by atoms with Crippen molar-refractivity contribution < 1.29 is 14.3 Å². The molecule has 1 N–H and O–H groups in total. The van der Waals surface area contributed by atoms with Crippen molar-refractivity contribution in [1.82, 2.24) is 0 Å². The molecule has 4 aromatic rings. The van der Waals surface area contributed by atoms with E-state index in [4.69, 9.17) is 9.15 Å². The van der Waals surface area contributed by atoms with Crippen LogP contribution in [0.15, 0.2) is 83.5 Å². The fraction of sp³-hybridized carbons (Fsp3) is 0. The van der Waals surface area contributed by atoms with E-state index in [-0.39, 0.29) is 5.75 Å². The molecule has 0 spiro atoms. The van der Waals surface area contributed by atoms with Gasteiger partial charge in [-0.2, -0.15) is 0 Å². The summed E-state index contributed by atoms with van der Waals surface area (Å²) in [5, 5.41) is 11.2. The molecule has 0 fully saturated rings. The average Bonchev–Trinajstić information content (AvgIpc) is 3.10. The van der Waals surface area contributed by atoms with Gasteiger partial charge in [-0.15, -0.1) is 0 Å². The maximum Gasteiger partial charge on any atom is 0.180 e. The second-order valence-corrected chi connectivity index (χ2v) is 5.22. The highest BCUT2D eigenvalue weighted by Crippen LogP contribution is 2.43. The normalized spacial score (nSPS) is 10.8. The topological polar surface area (TPSA) is 42.6 Å². The van der Waals surface area contributed by atoms with Gasteiger partial charge in [-0.1, -0.05) is 48.5 Å². The second kappa shape index (κ2) is 5.54. The first kappa shape index (κ1) is 13.5. The minimum absolute atomic E-state index is 0.195. The van der Waals surface area contributed by atoms with Gasteiger partial charge in [0, 0.05) is 5.56 Å². The third-order valence-electron chi connectivity index (χ3n) is 3.73. The lowest BCUT2D eigenvalue weighted by molar-refractivity contribution is 0.465. The Labute approximate surface area is 133 Å². The molecular weight excluding hydrogens is 288 g/mol. The Morgan fingerprint density at radius 1 is 0.826 bits per heavy atom. The lowest BCUT2D eigenvalue weighted by atomic mass is 10.0. The van der Waals surface area contributed by atoms with Crippen molar-refractivity contribution in [3.05, 3.63) is 79.1 Å². The molecule has 0 bridgehead atoms. The van der Waals surface area contributed by atoms with E-state index in [2.05, 4.69) is 0 Å². The van der Waals surface area contributed by atoms with Crippen LogP contribution in [0.3, 0.4) is 0 Å². The van der Waals surface area contributed by atoms with E-state index in [0.29, 0.717) is 22.3 Å². The third-order valence-corrected chi connectivity index (χ3v) is 3.73. The van der Waals surface area contributed by atoms with Crippen molar-refractivity contribution in [2.45, 2.75) is 0 Å². The molecular formula is C20H14O3. The first-order valence-corrected chi connectivity index (χ1v) is 7.34. The molecule has 112 valence electrons. The standard InChI is InChI=1S/C20H14O3/c21-19-16-11-12-22-20(16)18(23-15-9-5-2-6-10-15)13-17(19)14-7-3-1-4-8-14/h1-13,21H. The van der Waals surface area contributed by atoms with Gasteiger partial charge in [0.2, 0.25) is 0 Å². The smallest absolute Gasteiger partial charge is 0.180 e. The van der Waals surface area contributed by atoms with Crippen LogP contribution in [0.4, 0.5) is 0 Å². The van der Waals surface area contributed by atoms with E-state index in [1.54, 1.807) is 12.3 Å². The summed E-state index contributed by atoms with van der Waals surface area (Å²) in [6.45, 7) is 0. The Bertz CT molecular complexity index is 941. The highest BCUT2D eigenvalue weighted by atomic mass is 16.5. The van der Waals surface area contributed by atoms with Crippen LogP contribution in [0.2, 0.25) is 0 Å². The Morgan fingerprint density at radius 3 is 2.26 bits per heavy atom. The van der Waals surface area contributed by atoms with Crippen molar-refractivity contribution in [3.8, 4) is 28.4 Å². The van der Waals surface area contributed by atoms with Gasteiger partial charge in [-0.3, -0.25) is 0 Å². The summed E-state index contributed by atoms with van der Waals surface area (Å²) in [5.41, 5.74) is 2.17. The number of ether oxygens (including phenoxy) is 1. The molecule has 0 atom stereocenters. The van der Waals surface area contributed by atoms with E-state index in [9.17, 15) is 5.11 Å². The number of aromatic hydroxyl groups is 1. The number of phenolic OH excluding ortho intramolecular Hbond substituents is 1. The summed E-state index contributed by atoms with van der Waals surface area (Å²) in [4.78, 5) is 0. The van der Waals surface area contributed by atoms with Crippen LogP contribution in [-0.4, -0.2) is 5.11 Å². The van der Waals surface area contributed by atoms with E-state index in [0.717, 1.165) is 11.3 Å². The van der Waals surface area contributed by atoms with Gasteiger partial charge in [0.15, 0.2) is 11.3 Å². The lowest BCUT2D eigenvalue weighted by Gasteiger charge is -2.11. The van der Waals surface area contributed by atoms with E-state index in [1.165, 1.54) is 0 Å².